The van der Waals surface area contributed by atoms with Crippen molar-refractivity contribution in [2.24, 2.45) is 0 Å². The van der Waals surface area contributed by atoms with Crippen LogP contribution in [0.4, 0.5) is 13.2 Å². The summed E-state index contributed by atoms with van der Waals surface area (Å²) in [5.74, 6) is -1.36. The van der Waals surface area contributed by atoms with Crippen molar-refractivity contribution < 1.29 is 32.5 Å². The van der Waals surface area contributed by atoms with Gasteiger partial charge in [-0.15, -0.1) is 0 Å². The summed E-state index contributed by atoms with van der Waals surface area (Å²) in [7, 11) is 0. The maximum absolute atomic E-state index is 13.6. The molecule has 35 heavy (non-hydrogen) atoms. The largest absolute Gasteiger partial charge is 0.478 e. The van der Waals surface area contributed by atoms with Crippen LogP contribution < -0.4 is 9.47 Å². The fourth-order valence-electron chi connectivity index (χ4n) is 3.42. The number of hydrogen-bond donors (Lipinski definition) is 1. The highest BCUT2D eigenvalue weighted by Gasteiger charge is 2.36. The molecule has 0 aliphatic carbocycles. The molecule has 1 aromatic heterocycles. The van der Waals surface area contributed by atoms with Crippen LogP contribution in [0.1, 0.15) is 27.0 Å². The molecular weight excluding hydrogens is 459 g/mol. The Morgan fingerprint density at radius 1 is 0.800 bits per heavy atom. The Morgan fingerprint density at radius 2 is 1.40 bits per heavy atom. The summed E-state index contributed by atoms with van der Waals surface area (Å²) in [6.07, 6.45) is -4.85. The maximum Gasteiger partial charge on any atom is 0.417 e. The van der Waals surface area contributed by atoms with Gasteiger partial charge >= 0.3 is 12.1 Å². The van der Waals surface area contributed by atoms with Crippen molar-refractivity contribution >= 4 is 5.97 Å². The number of aromatic nitrogens is 1. The van der Waals surface area contributed by atoms with Crippen molar-refractivity contribution in [1.29, 1.82) is 0 Å². The molecule has 0 atom stereocenters. The Morgan fingerprint density at radius 3 is 1.97 bits per heavy atom. The van der Waals surface area contributed by atoms with Crippen LogP contribution in [0.5, 0.6) is 11.8 Å². The van der Waals surface area contributed by atoms with Gasteiger partial charge in [0.2, 0.25) is 11.8 Å². The van der Waals surface area contributed by atoms with E-state index in [4.69, 9.17) is 9.47 Å². The second kappa shape index (κ2) is 10.3. The SMILES string of the molecule is O=C(O)c1ccc(-c2ccc(OCc3ccccc3)nc2OCc2ccccc2)cc1C(F)(F)F. The van der Waals surface area contributed by atoms with Gasteiger partial charge in [0.25, 0.3) is 0 Å². The quantitative estimate of drug-likeness (QED) is 0.307. The Labute approximate surface area is 199 Å². The summed E-state index contributed by atoms with van der Waals surface area (Å²) in [6.45, 7) is 0.374. The molecule has 0 saturated carbocycles. The fraction of sp³-hybridized carbons (Fsp3) is 0.111. The van der Waals surface area contributed by atoms with E-state index in [-0.39, 0.29) is 36.1 Å². The predicted molar refractivity (Wildman–Crippen MR) is 123 cm³/mol. The van der Waals surface area contributed by atoms with Crippen molar-refractivity contribution in [2.75, 3.05) is 0 Å². The first-order valence-corrected chi connectivity index (χ1v) is 10.6. The van der Waals surface area contributed by atoms with Gasteiger partial charge in [0.1, 0.15) is 13.2 Å². The van der Waals surface area contributed by atoms with E-state index in [2.05, 4.69) is 4.98 Å². The minimum atomic E-state index is -4.85. The molecule has 0 bridgehead atoms. The zero-order chi connectivity index (χ0) is 24.8. The number of nitrogens with zero attached hydrogens (tertiary/aromatic N) is 1. The van der Waals surface area contributed by atoms with E-state index >= 15 is 0 Å². The van der Waals surface area contributed by atoms with E-state index in [0.29, 0.717) is 0 Å². The van der Waals surface area contributed by atoms with E-state index in [9.17, 15) is 23.1 Å². The Kier molecular flexibility index (Phi) is 7.01. The van der Waals surface area contributed by atoms with Gasteiger partial charge in [0.05, 0.1) is 11.1 Å². The van der Waals surface area contributed by atoms with Gasteiger partial charge in [-0.3, -0.25) is 0 Å². The van der Waals surface area contributed by atoms with Crippen LogP contribution in [-0.2, 0) is 19.4 Å². The number of carbonyl (C=O) groups is 1. The van der Waals surface area contributed by atoms with Gasteiger partial charge < -0.3 is 14.6 Å². The average Bonchev–Trinajstić information content (AvgIpc) is 2.86. The van der Waals surface area contributed by atoms with Gasteiger partial charge in [-0.25, -0.2) is 4.79 Å². The Hall–Kier alpha value is -4.33. The molecule has 1 heterocycles. The molecule has 0 amide bonds. The lowest BCUT2D eigenvalue weighted by Crippen LogP contribution is -2.13. The van der Waals surface area contributed by atoms with Gasteiger partial charge in [-0.05, 0) is 34.9 Å². The van der Waals surface area contributed by atoms with Gasteiger partial charge in [0, 0.05) is 11.6 Å². The monoisotopic (exact) mass is 479 g/mol. The summed E-state index contributed by atoms with van der Waals surface area (Å²) < 4.78 is 52.3. The van der Waals surface area contributed by atoms with Crippen LogP contribution >= 0.6 is 0 Å². The molecule has 0 saturated heterocycles. The number of carboxylic acid groups (broad SMARTS) is 1. The number of hydrogen-bond acceptors (Lipinski definition) is 4. The first-order chi connectivity index (χ1) is 16.8. The molecule has 3 aromatic carbocycles. The molecule has 178 valence electrons. The Bertz CT molecular complexity index is 1310. The van der Waals surface area contributed by atoms with Crippen molar-refractivity contribution in [3.63, 3.8) is 0 Å². The van der Waals surface area contributed by atoms with Crippen molar-refractivity contribution in [3.8, 4) is 22.9 Å². The molecule has 0 unspecified atom stereocenters. The van der Waals surface area contributed by atoms with Crippen molar-refractivity contribution in [2.45, 2.75) is 19.4 Å². The highest BCUT2D eigenvalue weighted by molar-refractivity contribution is 5.90. The number of alkyl halides is 3. The number of benzene rings is 3. The van der Waals surface area contributed by atoms with Crippen LogP contribution in [0.2, 0.25) is 0 Å². The number of carboxylic acids is 1. The first-order valence-electron chi connectivity index (χ1n) is 10.6. The van der Waals surface area contributed by atoms with Crippen LogP contribution in [0.15, 0.2) is 91.0 Å². The average molecular weight is 479 g/mol. The summed E-state index contributed by atoms with van der Waals surface area (Å²) in [5.41, 5.74) is 0.0740. The highest BCUT2D eigenvalue weighted by atomic mass is 19.4. The van der Waals surface area contributed by atoms with E-state index < -0.39 is 23.3 Å². The lowest BCUT2D eigenvalue weighted by Gasteiger charge is -2.16. The minimum Gasteiger partial charge on any atom is -0.478 e. The molecule has 0 spiro atoms. The molecule has 1 N–H and O–H groups in total. The lowest BCUT2D eigenvalue weighted by atomic mass is 9.99. The molecular formula is C27H20F3NO4. The third kappa shape index (κ3) is 5.97. The zero-order valence-corrected chi connectivity index (χ0v) is 18.3. The number of halogens is 3. The standard InChI is InChI=1S/C27H20F3NO4/c28-27(29,30)23-15-20(11-12-22(23)26(32)33)21-13-14-24(34-16-18-7-3-1-4-8-18)31-25(21)35-17-19-9-5-2-6-10-19/h1-15H,16-17H2,(H,32,33). The number of rotatable bonds is 8. The summed E-state index contributed by atoms with van der Waals surface area (Å²) in [6, 6.07) is 24.8. The number of aromatic carboxylic acids is 1. The molecule has 4 rings (SSSR count). The highest BCUT2D eigenvalue weighted by Crippen LogP contribution is 2.38. The fourth-order valence-corrected chi connectivity index (χ4v) is 3.42. The maximum atomic E-state index is 13.6. The molecule has 0 aliphatic rings. The number of ether oxygens (including phenoxy) is 2. The van der Waals surface area contributed by atoms with E-state index in [1.807, 2.05) is 60.7 Å². The molecule has 4 aromatic rings. The van der Waals surface area contributed by atoms with Crippen molar-refractivity contribution in [1.82, 2.24) is 4.98 Å². The van der Waals surface area contributed by atoms with Crippen LogP contribution in [0.25, 0.3) is 11.1 Å². The summed E-state index contributed by atoms with van der Waals surface area (Å²) >= 11 is 0. The van der Waals surface area contributed by atoms with Gasteiger partial charge in [0.15, 0.2) is 0 Å². The topological polar surface area (TPSA) is 68.7 Å². The summed E-state index contributed by atoms with van der Waals surface area (Å²) in [5, 5.41) is 9.19. The normalized spacial score (nSPS) is 11.2. The van der Waals surface area contributed by atoms with Crippen molar-refractivity contribution in [3.05, 3.63) is 113 Å². The van der Waals surface area contributed by atoms with Gasteiger partial charge in [-0.1, -0.05) is 66.7 Å². The van der Waals surface area contributed by atoms with E-state index in [0.717, 1.165) is 23.3 Å². The van der Waals surface area contributed by atoms with Crippen LogP contribution in [-0.4, -0.2) is 16.1 Å². The molecule has 5 nitrogen and oxygen atoms in total. The lowest BCUT2D eigenvalue weighted by molar-refractivity contribution is -0.138. The van der Waals surface area contributed by atoms with E-state index in [1.165, 1.54) is 12.1 Å². The third-order valence-electron chi connectivity index (χ3n) is 5.15. The third-order valence-corrected chi connectivity index (χ3v) is 5.15. The summed E-state index contributed by atoms with van der Waals surface area (Å²) in [4.78, 5) is 15.7. The minimum absolute atomic E-state index is 0.0654. The first kappa shape index (κ1) is 23.8. The molecule has 0 radical (unpaired) electrons. The second-order valence-electron chi connectivity index (χ2n) is 7.61. The Balaban J connectivity index is 1.70. The van der Waals surface area contributed by atoms with E-state index in [1.54, 1.807) is 6.07 Å². The molecule has 0 aliphatic heterocycles. The molecule has 0 fully saturated rings. The smallest absolute Gasteiger partial charge is 0.417 e. The predicted octanol–water partition coefficient (Wildman–Crippen LogP) is 6.62. The molecule has 8 heteroatoms. The number of pyridine rings is 1. The zero-order valence-electron chi connectivity index (χ0n) is 18.3. The van der Waals surface area contributed by atoms with Gasteiger partial charge in [-0.2, -0.15) is 18.2 Å². The van der Waals surface area contributed by atoms with Crippen LogP contribution in [0.3, 0.4) is 0 Å². The second-order valence-corrected chi connectivity index (χ2v) is 7.61. The van der Waals surface area contributed by atoms with Crippen LogP contribution in [0, 0.1) is 0 Å².